The fourth-order valence-corrected chi connectivity index (χ4v) is 1.37. The van der Waals surface area contributed by atoms with E-state index in [1.54, 1.807) is 18.2 Å². The number of carbonyl (C=O) groups is 1. The van der Waals surface area contributed by atoms with E-state index >= 15 is 0 Å². The maximum Gasteiger partial charge on any atom is 0.250 e. The van der Waals surface area contributed by atoms with Crippen LogP contribution in [0.4, 0.5) is 11.4 Å². The molecule has 0 spiro atoms. The van der Waals surface area contributed by atoms with Crippen LogP contribution in [0, 0.1) is 0 Å². The number of ether oxygens (including phenoxy) is 1. The molecule has 0 saturated carbocycles. The highest BCUT2D eigenvalue weighted by molar-refractivity contribution is 5.98. The van der Waals surface area contributed by atoms with Crippen LogP contribution in [-0.4, -0.2) is 25.2 Å². The lowest BCUT2D eigenvalue weighted by Gasteiger charge is -2.11. The molecule has 0 radical (unpaired) electrons. The summed E-state index contributed by atoms with van der Waals surface area (Å²) in [5, 5.41) is 3.13. The predicted octanol–water partition coefficient (Wildman–Crippen LogP) is 1.20. The first-order valence-corrected chi connectivity index (χ1v) is 5.55. The molecular weight excluding hydrogens is 218 g/mol. The average molecular weight is 237 g/mol. The summed E-state index contributed by atoms with van der Waals surface area (Å²) in [6, 6.07) is 5.11. The third kappa shape index (κ3) is 4.32. The summed E-state index contributed by atoms with van der Waals surface area (Å²) in [5.41, 5.74) is 12.4. The molecule has 5 heteroatoms. The Kier molecular flexibility index (Phi) is 4.78. The van der Waals surface area contributed by atoms with Crippen LogP contribution in [0.25, 0.3) is 0 Å². The second kappa shape index (κ2) is 6.10. The zero-order chi connectivity index (χ0) is 12.8. The molecule has 1 aromatic rings. The van der Waals surface area contributed by atoms with Crippen molar-refractivity contribution in [3.63, 3.8) is 0 Å². The second-order valence-electron chi connectivity index (χ2n) is 4.01. The summed E-state index contributed by atoms with van der Waals surface area (Å²) >= 11 is 0. The number of nitrogen functional groups attached to an aromatic ring is 1. The van der Waals surface area contributed by atoms with E-state index in [0.717, 1.165) is 5.69 Å². The topological polar surface area (TPSA) is 90.4 Å². The van der Waals surface area contributed by atoms with Gasteiger partial charge in [-0.2, -0.15) is 0 Å². The molecule has 0 aliphatic rings. The first-order valence-electron chi connectivity index (χ1n) is 5.55. The lowest BCUT2D eigenvalue weighted by atomic mass is 10.1. The first-order chi connectivity index (χ1) is 8.00. The molecule has 5 N–H and O–H groups in total. The zero-order valence-corrected chi connectivity index (χ0v) is 10.2. The largest absolute Gasteiger partial charge is 0.398 e. The van der Waals surface area contributed by atoms with Gasteiger partial charge in [0, 0.05) is 17.9 Å². The Hall–Kier alpha value is -1.75. The molecule has 17 heavy (non-hydrogen) atoms. The number of amides is 1. The fourth-order valence-electron chi connectivity index (χ4n) is 1.37. The van der Waals surface area contributed by atoms with Crippen LogP contribution in [0.5, 0.6) is 0 Å². The van der Waals surface area contributed by atoms with Gasteiger partial charge < -0.3 is 21.5 Å². The second-order valence-corrected chi connectivity index (χ2v) is 4.01. The molecule has 0 aliphatic heterocycles. The van der Waals surface area contributed by atoms with Crippen molar-refractivity contribution in [2.45, 2.75) is 20.0 Å². The number of hydrogen-bond acceptors (Lipinski definition) is 4. The number of carbonyl (C=O) groups excluding carboxylic acids is 1. The number of hydrogen-bond donors (Lipinski definition) is 3. The number of benzene rings is 1. The smallest absolute Gasteiger partial charge is 0.250 e. The average Bonchev–Trinajstić information content (AvgIpc) is 2.25. The van der Waals surface area contributed by atoms with E-state index in [1.807, 2.05) is 13.8 Å². The lowest BCUT2D eigenvalue weighted by Crippen LogP contribution is -2.16. The third-order valence-corrected chi connectivity index (χ3v) is 2.20. The van der Waals surface area contributed by atoms with Crippen LogP contribution in [0.2, 0.25) is 0 Å². The highest BCUT2D eigenvalue weighted by Crippen LogP contribution is 2.17. The van der Waals surface area contributed by atoms with E-state index in [-0.39, 0.29) is 6.10 Å². The quantitative estimate of drug-likeness (QED) is 0.512. The van der Waals surface area contributed by atoms with Crippen LogP contribution >= 0.6 is 0 Å². The highest BCUT2D eigenvalue weighted by Gasteiger charge is 2.06. The number of nitrogens with two attached hydrogens (primary N) is 2. The Balaban J connectivity index is 2.54. The zero-order valence-electron chi connectivity index (χ0n) is 10.2. The normalized spacial score (nSPS) is 10.5. The van der Waals surface area contributed by atoms with Gasteiger partial charge in [0.1, 0.15) is 0 Å². The predicted molar refractivity (Wildman–Crippen MR) is 69.0 cm³/mol. The minimum atomic E-state index is -0.524. The van der Waals surface area contributed by atoms with Gasteiger partial charge in [0.25, 0.3) is 5.91 Å². The number of rotatable bonds is 6. The summed E-state index contributed by atoms with van der Waals surface area (Å²) in [5.74, 6) is -0.524. The standard InChI is InChI=1S/C12H19N3O2/c1-8(2)17-6-5-15-9-3-4-11(13)10(7-9)12(14)16/h3-4,7-8,15H,5-6,13H2,1-2H3,(H2,14,16). The molecule has 94 valence electrons. The van der Waals surface area contributed by atoms with Crippen LogP contribution < -0.4 is 16.8 Å². The van der Waals surface area contributed by atoms with Crippen molar-refractivity contribution in [2.75, 3.05) is 24.2 Å². The van der Waals surface area contributed by atoms with Gasteiger partial charge in [-0.05, 0) is 32.0 Å². The molecule has 5 nitrogen and oxygen atoms in total. The number of nitrogens with one attached hydrogen (secondary N) is 1. The van der Waals surface area contributed by atoms with Crippen molar-refractivity contribution in [3.05, 3.63) is 23.8 Å². The van der Waals surface area contributed by atoms with E-state index in [9.17, 15) is 4.79 Å². The maximum atomic E-state index is 11.1. The van der Waals surface area contributed by atoms with Crippen molar-refractivity contribution >= 4 is 17.3 Å². The van der Waals surface area contributed by atoms with Gasteiger partial charge in [-0.25, -0.2) is 0 Å². The molecule has 0 heterocycles. The van der Waals surface area contributed by atoms with Crippen LogP contribution in [0.15, 0.2) is 18.2 Å². The molecule has 0 bridgehead atoms. The van der Waals surface area contributed by atoms with E-state index < -0.39 is 5.91 Å². The maximum absolute atomic E-state index is 11.1. The molecule has 0 aliphatic carbocycles. The van der Waals surface area contributed by atoms with Gasteiger partial charge in [-0.1, -0.05) is 0 Å². The van der Waals surface area contributed by atoms with Crippen LogP contribution in [0.3, 0.4) is 0 Å². The number of primary amides is 1. The van der Waals surface area contributed by atoms with E-state index in [0.29, 0.717) is 24.4 Å². The Morgan fingerprint density at radius 3 is 2.76 bits per heavy atom. The molecule has 0 aromatic heterocycles. The lowest BCUT2D eigenvalue weighted by molar-refractivity contribution is 0.0870. The molecule has 1 amide bonds. The van der Waals surface area contributed by atoms with Crippen molar-refractivity contribution in [1.82, 2.24) is 0 Å². The summed E-state index contributed by atoms with van der Waals surface area (Å²) in [7, 11) is 0. The van der Waals surface area contributed by atoms with Gasteiger partial charge in [0.2, 0.25) is 0 Å². The minimum absolute atomic E-state index is 0.212. The Morgan fingerprint density at radius 2 is 2.18 bits per heavy atom. The van der Waals surface area contributed by atoms with Crippen molar-refractivity contribution in [1.29, 1.82) is 0 Å². The van der Waals surface area contributed by atoms with Crippen molar-refractivity contribution in [2.24, 2.45) is 5.73 Å². The van der Waals surface area contributed by atoms with Crippen molar-refractivity contribution in [3.8, 4) is 0 Å². The molecular formula is C12H19N3O2. The Labute approximate surface area is 101 Å². The van der Waals surface area contributed by atoms with E-state index in [4.69, 9.17) is 16.2 Å². The number of anilines is 2. The monoisotopic (exact) mass is 237 g/mol. The Morgan fingerprint density at radius 1 is 1.47 bits per heavy atom. The highest BCUT2D eigenvalue weighted by atomic mass is 16.5. The summed E-state index contributed by atoms with van der Waals surface area (Å²) in [4.78, 5) is 11.1. The van der Waals surface area contributed by atoms with Crippen LogP contribution in [-0.2, 0) is 4.74 Å². The molecule has 0 unspecified atom stereocenters. The van der Waals surface area contributed by atoms with Gasteiger partial charge in [-0.3, -0.25) is 4.79 Å². The van der Waals surface area contributed by atoms with Gasteiger partial charge in [0.15, 0.2) is 0 Å². The summed E-state index contributed by atoms with van der Waals surface area (Å²) in [6.07, 6.45) is 0.212. The molecule has 1 aromatic carbocycles. The molecule has 0 fully saturated rings. The van der Waals surface area contributed by atoms with Gasteiger partial charge in [-0.15, -0.1) is 0 Å². The van der Waals surface area contributed by atoms with Crippen LogP contribution in [0.1, 0.15) is 24.2 Å². The van der Waals surface area contributed by atoms with E-state index in [1.165, 1.54) is 0 Å². The minimum Gasteiger partial charge on any atom is -0.398 e. The SMILES string of the molecule is CC(C)OCCNc1ccc(N)c(C(N)=O)c1. The fraction of sp³-hybridized carbons (Fsp3) is 0.417. The van der Waals surface area contributed by atoms with Gasteiger partial charge >= 0.3 is 0 Å². The van der Waals surface area contributed by atoms with Gasteiger partial charge in [0.05, 0.1) is 18.3 Å². The summed E-state index contributed by atoms with van der Waals surface area (Å²) < 4.78 is 5.39. The Bertz CT molecular complexity index is 391. The third-order valence-electron chi connectivity index (χ3n) is 2.20. The molecule has 0 atom stereocenters. The first kappa shape index (κ1) is 13.3. The van der Waals surface area contributed by atoms with Crippen molar-refractivity contribution < 1.29 is 9.53 Å². The molecule has 0 saturated heterocycles. The van der Waals surface area contributed by atoms with E-state index in [2.05, 4.69) is 5.32 Å². The summed E-state index contributed by atoms with van der Waals surface area (Å²) in [6.45, 7) is 5.23. The molecule has 1 rings (SSSR count).